The Labute approximate surface area is 188 Å². The zero-order valence-corrected chi connectivity index (χ0v) is 19.2. The lowest BCUT2D eigenvalue weighted by atomic mass is 9.59. The van der Waals surface area contributed by atoms with Crippen LogP contribution in [0.5, 0.6) is 0 Å². The standard InChI is InChI=1S/C28H24O3Si/c1-32(2)23-15-9-8-14-20(23)24-22(31-32)16-21(17-10-4-3-5-11-17)25-26(24)28(30)19-13-7-6-12-18(19)27(25)29/h3-15,21,25-26H,16H2,1-2H3/t21-,25+,26-/m1/s1. The first kappa shape index (κ1) is 19.4. The van der Waals surface area contributed by atoms with Gasteiger partial charge in [0.2, 0.25) is 0 Å². The molecule has 3 aromatic rings. The van der Waals surface area contributed by atoms with Crippen molar-refractivity contribution < 1.29 is 14.0 Å². The molecule has 0 aromatic heterocycles. The van der Waals surface area contributed by atoms with Crippen molar-refractivity contribution in [2.45, 2.75) is 25.4 Å². The lowest BCUT2D eigenvalue weighted by Gasteiger charge is -2.46. The maximum absolute atomic E-state index is 14.0. The zero-order valence-electron chi connectivity index (χ0n) is 18.2. The van der Waals surface area contributed by atoms with E-state index in [9.17, 15) is 9.59 Å². The molecule has 3 aromatic carbocycles. The van der Waals surface area contributed by atoms with Crippen LogP contribution in [0.15, 0.2) is 84.6 Å². The van der Waals surface area contributed by atoms with Gasteiger partial charge in [-0.1, -0.05) is 78.9 Å². The van der Waals surface area contributed by atoms with Crippen LogP contribution in [0.2, 0.25) is 13.1 Å². The molecule has 4 heteroatoms. The Balaban J connectivity index is 1.63. The van der Waals surface area contributed by atoms with Crippen molar-refractivity contribution in [3.8, 4) is 0 Å². The highest BCUT2D eigenvalue weighted by Crippen LogP contribution is 2.54. The van der Waals surface area contributed by atoms with Crippen molar-refractivity contribution in [1.29, 1.82) is 0 Å². The Bertz CT molecular complexity index is 1310. The summed E-state index contributed by atoms with van der Waals surface area (Å²) >= 11 is 0. The minimum Gasteiger partial charge on any atom is -0.542 e. The van der Waals surface area contributed by atoms with Gasteiger partial charge in [0, 0.05) is 35.0 Å². The fraction of sp³-hybridized carbons (Fsp3) is 0.214. The van der Waals surface area contributed by atoms with Gasteiger partial charge in [-0.15, -0.1) is 0 Å². The van der Waals surface area contributed by atoms with Crippen molar-refractivity contribution >= 4 is 30.6 Å². The van der Waals surface area contributed by atoms with E-state index in [4.69, 9.17) is 4.43 Å². The number of carbonyl (C=O) groups excluding carboxylic acids is 2. The summed E-state index contributed by atoms with van der Waals surface area (Å²) in [6.07, 6.45) is 0.645. The molecule has 0 fully saturated rings. The lowest BCUT2D eigenvalue weighted by Crippen LogP contribution is -2.53. The predicted octanol–water partition coefficient (Wildman–Crippen LogP) is 5.34. The predicted molar refractivity (Wildman–Crippen MR) is 127 cm³/mol. The van der Waals surface area contributed by atoms with Gasteiger partial charge in [0.15, 0.2) is 11.6 Å². The third-order valence-corrected chi connectivity index (χ3v) is 9.81. The molecule has 6 rings (SSSR count). The molecule has 0 amide bonds. The molecule has 158 valence electrons. The van der Waals surface area contributed by atoms with E-state index < -0.39 is 20.2 Å². The molecule has 0 spiro atoms. The van der Waals surface area contributed by atoms with E-state index in [0.29, 0.717) is 17.5 Å². The number of rotatable bonds is 1. The van der Waals surface area contributed by atoms with Crippen molar-refractivity contribution in [3.63, 3.8) is 0 Å². The van der Waals surface area contributed by atoms with E-state index in [1.807, 2.05) is 42.5 Å². The summed E-state index contributed by atoms with van der Waals surface area (Å²) in [6, 6.07) is 25.8. The number of hydrogen-bond donors (Lipinski definition) is 0. The van der Waals surface area contributed by atoms with Crippen molar-refractivity contribution in [1.82, 2.24) is 0 Å². The first-order valence-electron chi connectivity index (χ1n) is 11.2. The highest BCUT2D eigenvalue weighted by atomic mass is 28.4. The molecular formula is C28H24O3Si. The van der Waals surface area contributed by atoms with Crippen LogP contribution in [0.1, 0.15) is 44.2 Å². The minimum absolute atomic E-state index is 0.0399. The van der Waals surface area contributed by atoms with Gasteiger partial charge in [-0.3, -0.25) is 9.59 Å². The smallest absolute Gasteiger partial charge is 0.277 e. The number of ketones is 2. The monoisotopic (exact) mass is 436 g/mol. The van der Waals surface area contributed by atoms with Gasteiger partial charge in [0.1, 0.15) is 0 Å². The van der Waals surface area contributed by atoms with Gasteiger partial charge < -0.3 is 4.43 Å². The molecule has 2 aliphatic carbocycles. The molecule has 1 aliphatic heterocycles. The van der Waals surface area contributed by atoms with Gasteiger partial charge >= 0.3 is 0 Å². The summed E-state index contributed by atoms with van der Waals surface area (Å²) in [5.74, 6) is 0.00906. The molecule has 32 heavy (non-hydrogen) atoms. The molecular weight excluding hydrogens is 412 g/mol. The summed E-state index contributed by atoms with van der Waals surface area (Å²) in [5.41, 5.74) is 4.24. The van der Waals surface area contributed by atoms with E-state index in [1.54, 1.807) is 12.1 Å². The first-order valence-corrected chi connectivity index (χ1v) is 14.1. The minimum atomic E-state index is -2.17. The van der Waals surface area contributed by atoms with Crippen LogP contribution in [-0.4, -0.2) is 19.9 Å². The number of fused-ring (bicyclic) bond motifs is 5. The molecule has 0 saturated carbocycles. The summed E-state index contributed by atoms with van der Waals surface area (Å²) in [6.45, 7) is 4.42. The SMILES string of the molecule is C[Si]1(C)OC2=C(c3ccccc31)[C@H]1C(=O)c3ccccc3C(=O)[C@H]1[C@@H](c1ccccc1)C2. The summed E-state index contributed by atoms with van der Waals surface area (Å²) in [5, 5.41) is 1.20. The fourth-order valence-electron chi connectivity index (χ4n) is 5.96. The Morgan fingerprint density at radius 1 is 0.750 bits per heavy atom. The van der Waals surface area contributed by atoms with E-state index in [1.165, 1.54) is 5.19 Å². The van der Waals surface area contributed by atoms with Gasteiger partial charge in [-0.05, 0) is 29.4 Å². The van der Waals surface area contributed by atoms with Crippen molar-refractivity contribution in [3.05, 3.63) is 107 Å². The van der Waals surface area contributed by atoms with Crippen molar-refractivity contribution in [2.75, 3.05) is 0 Å². The Hall–Kier alpha value is -3.24. The molecule has 3 nitrogen and oxygen atoms in total. The molecule has 0 N–H and O–H groups in total. The van der Waals surface area contributed by atoms with Gasteiger partial charge in [-0.25, -0.2) is 0 Å². The van der Waals surface area contributed by atoms with E-state index in [-0.39, 0.29) is 17.5 Å². The van der Waals surface area contributed by atoms with E-state index in [2.05, 4.69) is 37.4 Å². The molecule has 1 heterocycles. The number of benzene rings is 3. The fourth-order valence-corrected chi connectivity index (χ4v) is 8.24. The number of hydrogen-bond acceptors (Lipinski definition) is 3. The van der Waals surface area contributed by atoms with Crippen LogP contribution in [0.4, 0.5) is 0 Å². The number of carbonyl (C=O) groups is 2. The molecule has 0 saturated heterocycles. The molecule has 0 radical (unpaired) electrons. The zero-order chi connectivity index (χ0) is 22.0. The van der Waals surface area contributed by atoms with Crippen LogP contribution in [-0.2, 0) is 4.43 Å². The highest BCUT2D eigenvalue weighted by molar-refractivity contribution is 6.85. The third kappa shape index (κ3) is 2.66. The first-order chi connectivity index (χ1) is 15.5. The van der Waals surface area contributed by atoms with Crippen molar-refractivity contribution in [2.24, 2.45) is 11.8 Å². The number of Topliss-reactive ketones (excluding diaryl/α,β-unsaturated/α-hetero) is 2. The Kier molecular flexibility index (Phi) is 4.18. The van der Waals surface area contributed by atoms with E-state index in [0.717, 1.165) is 22.5 Å². The molecule has 3 aliphatic rings. The normalized spacial score (nSPS) is 25.2. The van der Waals surface area contributed by atoms with E-state index >= 15 is 0 Å². The van der Waals surface area contributed by atoms with Crippen LogP contribution in [0.25, 0.3) is 5.57 Å². The quantitative estimate of drug-likeness (QED) is 0.484. The molecule has 0 bridgehead atoms. The van der Waals surface area contributed by atoms with Crippen LogP contribution < -0.4 is 5.19 Å². The van der Waals surface area contributed by atoms with Gasteiger partial charge in [0.25, 0.3) is 8.32 Å². The lowest BCUT2D eigenvalue weighted by molar-refractivity contribution is 0.0731. The summed E-state index contributed by atoms with van der Waals surface area (Å²) in [7, 11) is -2.17. The Morgan fingerprint density at radius 3 is 2.06 bits per heavy atom. The molecule has 3 atom stereocenters. The summed E-state index contributed by atoms with van der Waals surface area (Å²) in [4.78, 5) is 27.9. The topological polar surface area (TPSA) is 43.4 Å². The van der Waals surface area contributed by atoms with Crippen LogP contribution in [0.3, 0.4) is 0 Å². The summed E-state index contributed by atoms with van der Waals surface area (Å²) < 4.78 is 6.73. The number of allylic oxidation sites excluding steroid dienone is 2. The average molecular weight is 437 g/mol. The second-order valence-electron chi connectivity index (χ2n) is 9.49. The largest absolute Gasteiger partial charge is 0.542 e. The Morgan fingerprint density at radius 2 is 1.34 bits per heavy atom. The highest BCUT2D eigenvalue weighted by Gasteiger charge is 2.54. The van der Waals surface area contributed by atoms with Crippen LogP contribution in [0, 0.1) is 11.8 Å². The second kappa shape index (κ2) is 6.88. The maximum atomic E-state index is 14.0. The van der Waals surface area contributed by atoms with Crippen LogP contribution >= 0.6 is 0 Å². The molecule has 0 unspecified atom stereocenters. The maximum Gasteiger partial charge on any atom is 0.277 e. The van der Waals surface area contributed by atoms with Gasteiger partial charge in [-0.2, -0.15) is 0 Å². The average Bonchev–Trinajstić information content (AvgIpc) is 2.82. The third-order valence-electron chi connectivity index (χ3n) is 7.32. The second-order valence-corrected chi connectivity index (χ2v) is 13.3. The van der Waals surface area contributed by atoms with Gasteiger partial charge in [0.05, 0.1) is 11.7 Å².